The summed E-state index contributed by atoms with van der Waals surface area (Å²) in [6.45, 7) is 6.22. The number of nitrogens with zero attached hydrogens (tertiary/aromatic N) is 1. The van der Waals surface area contributed by atoms with E-state index in [9.17, 15) is 4.79 Å². The number of rotatable bonds is 3. The first-order valence-corrected chi connectivity index (χ1v) is 8.47. The maximum atomic E-state index is 12.2. The molecule has 3 rings (SSSR count). The molecule has 5 heteroatoms. The van der Waals surface area contributed by atoms with Crippen LogP contribution < -0.4 is 10.6 Å². The average molecular weight is 316 g/mol. The molecule has 0 radical (unpaired) electrons. The number of piperidine rings is 1. The molecular formula is C16H30ClN3O. The van der Waals surface area contributed by atoms with E-state index in [1.54, 1.807) is 0 Å². The first kappa shape index (κ1) is 17.0. The van der Waals surface area contributed by atoms with E-state index in [1.165, 1.54) is 38.5 Å². The molecule has 4 unspecified atom stereocenters. The van der Waals surface area contributed by atoms with Crippen LogP contribution in [0.2, 0.25) is 0 Å². The Morgan fingerprint density at radius 1 is 1.24 bits per heavy atom. The van der Waals surface area contributed by atoms with Gasteiger partial charge in [0.1, 0.15) is 0 Å². The summed E-state index contributed by atoms with van der Waals surface area (Å²) in [6.07, 6.45) is 7.52. The molecule has 2 heterocycles. The van der Waals surface area contributed by atoms with Crippen molar-refractivity contribution in [3.05, 3.63) is 0 Å². The number of nitrogens with one attached hydrogen (secondary N) is 2. The smallest absolute Gasteiger partial charge is 0.234 e. The van der Waals surface area contributed by atoms with Crippen LogP contribution >= 0.6 is 12.4 Å². The Labute approximate surface area is 134 Å². The van der Waals surface area contributed by atoms with E-state index in [2.05, 4.69) is 22.5 Å². The van der Waals surface area contributed by atoms with Crippen LogP contribution in [0.1, 0.15) is 45.4 Å². The summed E-state index contributed by atoms with van der Waals surface area (Å²) in [4.78, 5) is 14.6. The topological polar surface area (TPSA) is 44.4 Å². The molecule has 3 aliphatic rings. The molecule has 0 aromatic carbocycles. The summed E-state index contributed by atoms with van der Waals surface area (Å²) in [5.41, 5.74) is 0. The van der Waals surface area contributed by atoms with Crippen LogP contribution in [0.25, 0.3) is 0 Å². The molecule has 2 saturated heterocycles. The molecule has 122 valence electrons. The SMILES string of the molecule is CC1CCCCC1NC(=O)CN1CCC2NCCC2C1.Cl. The number of fused-ring (bicyclic) bond motifs is 1. The lowest BCUT2D eigenvalue weighted by molar-refractivity contribution is -0.124. The van der Waals surface area contributed by atoms with Crippen LogP contribution in [0.15, 0.2) is 0 Å². The molecule has 2 aliphatic heterocycles. The third-order valence-electron chi connectivity index (χ3n) is 5.56. The van der Waals surface area contributed by atoms with Gasteiger partial charge >= 0.3 is 0 Å². The Morgan fingerprint density at radius 2 is 2.05 bits per heavy atom. The highest BCUT2D eigenvalue weighted by molar-refractivity contribution is 5.85. The third-order valence-corrected chi connectivity index (χ3v) is 5.56. The lowest BCUT2D eigenvalue weighted by Gasteiger charge is -2.35. The van der Waals surface area contributed by atoms with Crippen molar-refractivity contribution in [1.82, 2.24) is 15.5 Å². The van der Waals surface area contributed by atoms with E-state index in [0.717, 1.165) is 25.6 Å². The highest BCUT2D eigenvalue weighted by atomic mass is 35.5. The summed E-state index contributed by atoms with van der Waals surface area (Å²) >= 11 is 0. The van der Waals surface area contributed by atoms with Gasteiger partial charge in [0.15, 0.2) is 0 Å². The molecule has 3 fully saturated rings. The zero-order chi connectivity index (χ0) is 13.9. The van der Waals surface area contributed by atoms with Crippen molar-refractivity contribution in [1.29, 1.82) is 0 Å². The Bertz CT molecular complexity index is 352. The number of likely N-dealkylation sites (tertiary alicyclic amines) is 1. The molecule has 0 aromatic heterocycles. The summed E-state index contributed by atoms with van der Waals surface area (Å²) in [5.74, 6) is 1.66. The maximum Gasteiger partial charge on any atom is 0.234 e. The molecular weight excluding hydrogens is 286 g/mol. The van der Waals surface area contributed by atoms with E-state index in [1.807, 2.05) is 0 Å². The summed E-state index contributed by atoms with van der Waals surface area (Å²) < 4.78 is 0. The fourth-order valence-electron chi connectivity index (χ4n) is 4.25. The summed E-state index contributed by atoms with van der Waals surface area (Å²) in [7, 11) is 0. The molecule has 1 amide bonds. The van der Waals surface area contributed by atoms with Gasteiger partial charge in [-0.05, 0) is 44.1 Å². The average Bonchev–Trinajstić information content (AvgIpc) is 2.89. The van der Waals surface area contributed by atoms with Gasteiger partial charge in [-0.2, -0.15) is 0 Å². The highest BCUT2D eigenvalue weighted by Gasteiger charge is 2.33. The van der Waals surface area contributed by atoms with Crippen LogP contribution in [-0.2, 0) is 4.79 Å². The zero-order valence-electron chi connectivity index (χ0n) is 13.1. The predicted octanol–water partition coefficient (Wildman–Crippen LogP) is 1.79. The minimum Gasteiger partial charge on any atom is -0.352 e. The van der Waals surface area contributed by atoms with Crippen molar-refractivity contribution >= 4 is 18.3 Å². The molecule has 2 N–H and O–H groups in total. The van der Waals surface area contributed by atoms with Crippen LogP contribution in [0.3, 0.4) is 0 Å². The largest absolute Gasteiger partial charge is 0.352 e. The quantitative estimate of drug-likeness (QED) is 0.834. The second-order valence-corrected chi connectivity index (χ2v) is 7.07. The molecule has 21 heavy (non-hydrogen) atoms. The van der Waals surface area contributed by atoms with E-state index >= 15 is 0 Å². The van der Waals surface area contributed by atoms with Gasteiger partial charge < -0.3 is 10.6 Å². The van der Waals surface area contributed by atoms with Gasteiger partial charge in [0.25, 0.3) is 0 Å². The third kappa shape index (κ3) is 4.33. The van der Waals surface area contributed by atoms with Crippen molar-refractivity contribution in [2.45, 2.75) is 57.5 Å². The number of hydrogen-bond acceptors (Lipinski definition) is 3. The van der Waals surface area contributed by atoms with Gasteiger partial charge in [-0.15, -0.1) is 12.4 Å². The molecule has 1 aliphatic carbocycles. The van der Waals surface area contributed by atoms with Gasteiger partial charge in [-0.3, -0.25) is 9.69 Å². The fourth-order valence-corrected chi connectivity index (χ4v) is 4.25. The molecule has 0 spiro atoms. The van der Waals surface area contributed by atoms with E-state index in [-0.39, 0.29) is 18.3 Å². The van der Waals surface area contributed by atoms with Gasteiger partial charge in [0.2, 0.25) is 5.91 Å². The van der Waals surface area contributed by atoms with Crippen molar-refractivity contribution < 1.29 is 4.79 Å². The normalized spacial score (nSPS) is 36.6. The standard InChI is InChI=1S/C16H29N3O.ClH/c1-12-4-2-3-5-14(12)18-16(20)11-19-9-7-15-13(10-19)6-8-17-15;/h12-15,17H,2-11H2,1H3,(H,18,20);1H. The predicted molar refractivity (Wildman–Crippen MR) is 87.8 cm³/mol. The number of carbonyl (C=O) groups is 1. The minimum absolute atomic E-state index is 0. The second-order valence-electron chi connectivity index (χ2n) is 7.07. The molecule has 4 nitrogen and oxygen atoms in total. The Morgan fingerprint density at radius 3 is 2.86 bits per heavy atom. The van der Waals surface area contributed by atoms with Crippen LogP contribution in [-0.4, -0.2) is 49.1 Å². The van der Waals surface area contributed by atoms with Crippen LogP contribution in [0.5, 0.6) is 0 Å². The van der Waals surface area contributed by atoms with Crippen LogP contribution in [0.4, 0.5) is 0 Å². The lowest BCUT2D eigenvalue weighted by atomic mass is 9.86. The molecule has 1 saturated carbocycles. The first-order chi connectivity index (χ1) is 9.72. The number of carbonyl (C=O) groups excluding carboxylic acids is 1. The Hall–Kier alpha value is -0.320. The van der Waals surface area contributed by atoms with Crippen molar-refractivity contribution in [2.24, 2.45) is 11.8 Å². The van der Waals surface area contributed by atoms with Crippen molar-refractivity contribution in [2.75, 3.05) is 26.2 Å². The number of amides is 1. The van der Waals surface area contributed by atoms with E-state index < -0.39 is 0 Å². The number of halogens is 1. The van der Waals surface area contributed by atoms with Crippen LogP contribution in [0, 0.1) is 11.8 Å². The molecule has 0 aromatic rings. The number of hydrogen-bond donors (Lipinski definition) is 2. The van der Waals surface area contributed by atoms with Crippen molar-refractivity contribution in [3.63, 3.8) is 0 Å². The fraction of sp³-hybridized carbons (Fsp3) is 0.938. The summed E-state index contributed by atoms with van der Waals surface area (Å²) in [6, 6.07) is 1.13. The first-order valence-electron chi connectivity index (χ1n) is 8.47. The summed E-state index contributed by atoms with van der Waals surface area (Å²) in [5, 5.41) is 6.86. The molecule has 4 atom stereocenters. The minimum atomic E-state index is 0. The van der Waals surface area contributed by atoms with E-state index in [4.69, 9.17) is 0 Å². The zero-order valence-corrected chi connectivity index (χ0v) is 14.0. The van der Waals surface area contributed by atoms with Gasteiger partial charge in [0.05, 0.1) is 6.54 Å². The van der Waals surface area contributed by atoms with Gasteiger partial charge in [0, 0.05) is 25.2 Å². The lowest BCUT2D eigenvalue weighted by Crippen LogP contribution is -2.50. The monoisotopic (exact) mass is 315 g/mol. The Kier molecular flexibility index (Phi) is 6.33. The maximum absolute atomic E-state index is 12.2. The van der Waals surface area contributed by atoms with E-state index in [0.29, 0.717) is 24.5 Å². The van der Waals surface area contributed by atoms with Gasteiger partial charge in [-0.25, -0.2) is 0 Å². The van der Waals surface area contributed by atoms with Crippen molar-refractivity contribution in [3.8, 4) is 0 Å². The highest BCUT2D eigenvalue weighted by Crippen LogP contribution is 2.25. The molecule has 0 bridgehead atoms. The Balaban J connectivity index is 0.00000161. The second kappa shape index (κ2) is 7.80. The van der Waals surface area contributed by atoms with Gasteiger partial charge in [-0.1, -0.05) is 19.8 Å².